The first-order valence-corrected chi connectivity index (χ1v) is 4.65. The molecule has 0 heterocycles. The minimum Gasteiger partial charge on any atom is -0.342 e. The first-order valence-electron chi connectivity index (χ1n) is 4.65. The van der Waals surface area contributed by atoms with Crippen molar-refractivity contribution in [2.45, 2.75) is 25.3 Å². The number of rotatable bonds is 5. The van der Waals surface area contributed by atoms with Gasteiger partial charge in [0.1, 0.15) is 0 Å². The van der Waals surface area contributed by atoms with E-state index in [9.17, 15) is 4.79 Å². The van der Waals surface area contributed by atoms with Gasteiger partial charge in [-0.05, 0) is 12.8 Å². The highest BCUT2D eigenvalue weighted by molar-refractivity contribution is 5.78. The molecule has 1 rings (SSSR count). The Bertz CT molecular complexity index is 215. The molecule has 1 N–H and O–H groups in total. The molecule has 0 bridgehead atoms. The fourth-order valence-corrected chi connectivity index (χ4v) is 1.15. The highest BCUT2D eigenvalue weighted by Crippen LogP contribution is 2.24. The van der Waals surface area contributed by atoms with Gasteiger partial charge < -0.3 is 10.2 Å². The van der Waals surface area contributed by atoms with E-state index in [1.165, 1.54) is 0 Å². The van der Waals surface area contributed by atoms with E-state index < -0.39 is 0 Å². The molecule has 0 atom stereocenters. The van der Waals surface area contributed by atoms with Crippen LogP contribution in [0.1, 0.15) is 19.3 Å². The van der Waals surface area contributed by atoms with Gasteiger partial charge in [0.15, 0.2) is 0 Å². The van der Waals surface area contributed by atoms with Gasteiger partial charge in [0.05, 0.1) is 6.54 Å². The molecule has 0 aromatic rings. The first kappa shape index (κ1) is 10.1. The zero-order chi connectivity index (χ0) is 9.68. The Morgan fingerprint density at radius 2 is 2.38 bits per heavy atom. The summed E-state index contributed by atoms with van der Waals surface area (Å²) >= 11 is 0. The third-order valence-corrected chi connectivity index (χ3v) is 2.21. The van der Waals surface area contributed by atoms with Crippen LogP contribution in [0.5, 0.6) is 0 Å². The summed E-state index contributed by atoms with van der Waals surface area (Å²) in [7, 11) is 1.86. The maximum atomic E-state index is 11.4. The number of hydrogen-bond acceptors (Lipinski definition) is 2. The summed E-state index contributed by atoms with van der Waals surface area (Å²) in [5, 5.41) is 3.02. The van der Waals surface area contributed by atoms with Crippen molar-refractivity contribution >= 4 is 5.91 Å². The number of hydrogen-bond donors (Lipinski definition) is 1. The predicted octanol–water partition coefficient (Wildman–Crippen LogP) is 0.220. The second kappa shape index (κ2) is 4.88. The maximum absolute atomic E-state index is 11.4. The van der Waals surface area contributed by atoms with Crippen LogP contribution in [-0.4, -0.2) is 37.0 Å². The maximum Gasteiger partial charge on any atom is 0.236 e. The smallest absolute Gasteiger partial charge is 0.236 e. The molecule has 0 spiro atoms. The van der Waals surface area contributed by atoms with Gasteiger partial charge in [-0.25, -0.2) is 0 Å². The average Bonchev–Trinajstić information content (AvgIpc) is 2.94. The van der Waals surface area contributed by atoms with Crippen molar-refractivity contribution in [1.82, 2.24) is 10.2 Å². The number of terminal acetylenes is 1. The van der Waals surface area contributed by atoms with Crippen LogP contribution in [0.4, 0.5) is 0 Å². The number of likely N-dealkylation sites (N-methyl/N-ethyl adjacent to an activating group) is 1. The molecular weight excluding hydrogens is 164 g/mol. The minimum atomic E-state index is 0.166. The molecular formula is C10H16N2O. The Balaban J connectivity index is 2.06. The third-order valence-electron chi connectivity index (χ3n) is 2.21. The van der Waals surface area contributed by atoms with Crippen molar-refractivity contribution in [2.24, 2.45) is 0 Å². The first-order chi connectivity index (χ1) is 6.25. The Hall–Kier alpha value is -1.01. The van der Waals surface area contributed by atoms with Gasteiger partial charge in [0, 0.05) is 26.1 Å². The number of carbonyl (C=O) groups excluding carboxylic acids is 1. The molecule has 0 aromatic carbocycles. The average molecular weight is 180 g/mol. The molecule has 0 aliphatic heterocycles. The highest BCUT2D eigenvalue weighted by Gasteiger charge is 2.28. The summed E-state index contributed by atoms with van der Waals surface area (Å²) in [6, 6.07) is 0.502. The lowest BCUT2D eigenvalue weighted by Crippen LogP contribution is -2.37. The molecule has 1 fully saturated rings. The largest absolute Gasteiger partial charge is 0.342 e. The van der Waals surface area contributed by atoms with Crippen LogP contribution in [0.25, 0.3) is 0 Å². The van der Waals surface area contributed by atoms with Crippen LogP contribution >= 0.6 is 0 Å². The summed E-state index contributed by atoms with van der Waals surface area (Å²) in [6.45, 7) is 1.13. The molecule has 1 aliphatic rings. The number of amides is 1. The van der Waals surface area contributed by atoms with E-state index in [4.69, 9.17) is 6.42 Å². The van der Waals surface area contributed by atoms with Crippen molar-refractivity contribution in [1.29, 1.82) is 0 Å². The van der Waals surface area contributed by atoms with Gasteiger partial charge in [-0.15, -0.1) is 12.3 Å². The highest BCUT2D eigenvalue weighted by atomic mass is 16.2. The molecule has 0 radical (unpaired) electrons. The Morgan fingerprint density at radius 1 is 1.69 bits per heavy atom. The fraction of sp³-hybridized carbons (Fsp3) is 0.700. The lowest BCUT2D eigenvalue weighted by molar-refractivity contribution is -0.129. The van der Waals surface area contributed by atoms with Crippen molar-refractivity contribution in [2.75, 3.05) is 20.1 Å². The molecule has 0 saturated heterocycles. The van der Waals surface area contributed by atoms with Crippen LogP contribution in [0, 0.1) is 12.3 Å². The zero-order valence-electron chi connectivity index (χ0n) is 8.05. The molecule has 13 heavy (non-hydrogen) atoms. The summed E-state index contributed by atoms with van der Waals surface area (Å²) in [6.07, 6.45) is 8.08. The quantitative estimate of drug-likeness (QED) is 0.485. The second-order valence-corrected chi connectivity index (χ2v) is 3.37. The van der Waals surface area contributed by atoms with E-state index in [1.807, 2.05) is 11.9 Å². The van der Waals surface area contributed by atoms with Crippen LogP contribution in [-0.2, 0) is 4.79 Å². The van der Waals surface area contributed by atoms with Crippen LogP contribution < -0.4 is 5.32 Å². The van der Waals surface area contributed by atoms with Crippen molar-refractivity contribution < 1.29 is 4.79 Å². The molecule has 3 heteroatoms. The van der Waals surface area contributed by atoms with Gasteiger partial charge in [-0.3, -0.25) is 4.79 Å². The minimum absolute atomic E-state index is 0.166. The van der Waals surface area contributed by atoms with E-state index in [0.29, 0.717) is 19.0 Å². The van der Waals surface area contributed by atoms with E-state index in [2.05, 4.69) is 11.2 Å². The molecule has 1 amide bonds. The number of nitrogens with one attached hydrogen (secondary N) is 1. The third kappa shape index (κ3) is 3.47. The molecule has 1 aliphatic carbocycles. The zero-order valence-corrected chi connectivity index (χ0v) is 8.05. The fourth-order valence-electron chi connectivity index (χ4n) is 1.15. The second-order valence-electron chi connectivity index (χ2n) is 3.37. The molecule has 0 unspecified atom stereocenters. The van der Waals surface area contributed by atoms with Gasteiger partial charge in [-0.1, -0.05) is 0 Å². The Labute approximate surface area is 79.5 Å². The monoisotopic (exact) mass is 180 g/mol. The predicted molar refractivity (Wildman–Crippen MR) is 52.1 cm³/mol. The topological polar surface area (TPSA) is 32.3 Å². The van der Waals surface area contributed by atoms with Crippen molar-refractivity contribution in [3.8, 4) is 12.3 Å². The van der Waals surface area contributed by atoms with E-state index >= 15 is 0 Å². The van der Waals surface area contributed by atoms with Crippen LogP contribution in [0.3, 0.4) is 0 Å². The van der Waals surface area contributed by atoms with E-state index in [0.717, 1.165) is 19.4 Å². The molecule has 3 nitrogen and oxygen atoms in total. The standard InChI is InChI=1S/C10H16N2O/c1-3-4-7-11-8-10(13)12(2)9-5-6-9/h1,9,11H,4-8H2,2H3. The normalized spacial score (nSPS) is 15.1. The number of nitrogens with zero attached hydrogens (tertiary/aromatic N) is 1. The molecule has 72 valence electrons. The van der Waals surface area contributed by atoms with Crippen LogP contribution in [0.2, 0.25) is 0 Å². The summed E-state index contributed by atoms with van der Waals surface area (Å²) in [5.74, 6) is 2.68. The van der Waals surface area contributed by atoms with Gasteiger partial charge in [0.2, 0.25) is 5.91 Å². The van der Waals surface area contributed by atoms with Gasteiger partial charge in [0.25, 0.3) is 0 Å². The molecule has 1 saturated carbocycles. The van der Waals surface area contributed by atoms with Crippen LogP contribution in [0.15, 0.2) is 0 Å². The summed E-state index contributed by atoms with van der Waals surface area (Å²) in [4.78, 5) is 13.2. The SMILES string of the molecule is C#CCCNCC(=O)N(C)C1CC1. The van der Waals surface area contributed by atoms with Crippen molar-refractivity contribution in [3.63, 3.8) is 0 Å². The van der Waals surface area contributed by atoms with E-state index in [1.54, 1.807) is 0 Å². The van der Waals surface area contributed by atoms with E-state index in [-0.39, 0.29) is 5.91 Å². The van der Waals surface area contributed by atoms with Crippen molar-refractivity contribution in [3.05, 3.63) is 0 Å². The number of carbonyl (C=O) groups is 1. The lowest BCUT2D eigenvalue weighted by Gasteiger charge is -2.16. The Morgan fingerprint density at radius 3 is 2.92 bits per heavy atom. The summed E-state index contributed by atoms with van der Waals surface area (Å²) < 4.78 is 0. The van der Waals surface area contributed by atoms with Gasteiger partial charge >= 0.3 is 0 Å². The summed E-state index contributed by atoms with van der Waals surface area (Å²) in [5.41, 5.74) is 0. The van der Waals surface area contributed by atoms with Gasteiger partial charge in [-0.2, -0.15) is 0 Å². The molecule has 0 aromatic heterocycles. The lowest BCUT2D eigenvalue weighted by atomic mass is 10.4. The Kier molecular flexibility index (Phi) is 3.78.